The maximum atomic E-state index is 10.9. The highest BCUT2D eigenvalue weighted by Crippen LogP contribution is 2.34. The molecule has 3 N–H and O–H groups in total. The molecule has 0 unspecified atom stereocenters. The number of aromatic nitrogens is 3. The van der Waals surface area contributed by atoms with E-state index < -0.39 is 0 Å². The molecule has 6 nitrogen and oxygen atoms in total. The number of hydrogen-bond donors (Lipinski definition) is 3. The van der Waals surface area contributed by atoms with Gasteiger partial charge >= 0.3 is 0 Å². The smallest absolute Gasteiger partial charge is 0.235 e. The third kappa shape index (κ3) is 3.11. The summed E-state index contributed by atoms with van der Waals surface area (Å²) in [6.07, 6.45) is 0.776. The van der Waals surface area contributed by atoms with Gasteiger partial charge in [0, 0.05) is 12.0 Å². The quantitative estimate of drug-likeness (QED) is 0.588. The minimum atomic E-state index is 0.133. The lowest BCUT2D eigenvalue weighted by atomic mass is 10.0. The van der Waals surface area contributed by atoms with Crippen molar-refractivity contribution in [2.24, 2.45) is 0 Å². The number of nitrogens with one attached hydrogen (secondary N) is 2. The van der Waals surface area contributed by atoms with Gasteiger partial charge in [-0.2, -0.15) is 4.52 Å². The first-order valence-corrected chi connectivity index (χ1v) is 10.3. The molecule has 3 heterocycles. The summed E-state index contributed by atoms with van der Waals surface area (Å²) in [5.41, 5.74) is 1.25. The maximum Gasteiger partial charge on any atom is 0.235 e. The number of quaternary nitrogens is 2. The van der Waals surface area contributed by atoms with Crippen molar-refractivity contribution in [2.75, 3.05) is 32.7 Å². The zero-order valence-corrected chi connectivity index (χ0v) is 16.2. The van der Waals surface area contributed by atoms with Crippen LogP contribution in [0.3, 0.4) is 0 Å². The van der Waals surface area contributed by atoms with Crippen molar-refractivity contribution in [1.82, 2.24) is 14.6 Å². The Kier molecular flexibility index (Phi) is 4.93. The van der Waals surface area contributed by atoms with Crippen LogP contribution in [0.1, 0.15) is 36.2 Å². The van der Waals surface area contributed by atoms with Crippen LogP contribution in [-0.2, 0) is 6.42 Å². The minimum Gasteiger partial charge on any atom is -0.492 e. The van der Waals surface area contributed by atoms with Crippen molar-refractivity contribution in [3.05, 3.63) is 46.6 Å². The number of rotatable bonds is 5. The minimum absolute atomic E-state index is 0.133. The zero-order chi connectivity index (χ0) is 18.1. The Bertz CT molecular complexity index is 867. The largest absolute Gasteiger partial charge is 0.492 e. The molecule has 0 amide bonds. The predicted octanol–water partition coefficient (Wildman–Crippen LogP) is -0.0485. The van der Waals surface area contributed by atoms with Crippen molar-refractivity contribution in [1.29, 1.82) is 0 Å². The second kappa shape index (κ2) is 7.34. The average Bonchev–Trinajstić information content (AvgIpc) is 3.23. The lowest BCUT2D eigenvalue weighted by Gasteiger charge is -2.34. The second-order valence-electron chi connectivity index (χ2n) is 6.97. The fourth-order valence-electron chi connectivity index (χ4n) is 3.91. The Morgan fingerprint density at radius 3 is 2.50 bits per heavy atom. The summed E-state index contributed by atoms with van der Waals surface area (Å²) >= 11 is 1.57. The number of aryl methyl sites for hydroxylation is 1. The summed E-state index contributed by atoms with van der Waals surface area (Å²) < 4.78 is 1.61. The van der Waals surface area contributed by atoms with E-state index >= 15 is 0 Å². The van der Waals surface area contributed by atoms with Crippen molar-refractivity contribution >= 4 is 16.3 Å². The summed E-state index contributed by atoms with van der Waals surface area (Å²) in [5, 5.41) is 15.4. The molecule has 0 aliphatic carbocycles. The van der Waals surface area contributed by atoms with E-state index in [9.17, 15) is 5.11 Å². The molecule has 1 saturated heterocycles. The van der Waals surface area contributed by atoms with Crippen LogP contribution in [0.4, 0.5) is 0 Å². The molecule has 0 saturated carbocycles. The van der Waals surface area contributed by atoms with Crippen LogP contribution in [-0.4, -0.2) is 52.4 Å². The molecule has 3 aromatic rings. The third-order valence-electron chi connectivity index (χ3n) is 5.46. The lowest BCUT2D eigenvalue weighted by molar-refractivity contribution is -1.02. The van der Waals surface area contributed by atoms with Crippen LogP contribution >= 0.6 is 11.3 Å². The Balaban J connectivity index is 1.74. The van der Waals surface area contributed by atoms with Gasteiger partial charge in [-0.3, -0.25) is 0 Å². The van der Waals surface area contributed by atoms with Gasteiger partial charge in [0.25, 0.3) is 0 Å². The van der Waals surface area contributed by atoms with Crippen LogP contribution in [0.2, 0.25) is 0 Å². The van der Waals surface area contributed by atoms with E-state index in [0.717, 1.165) is 35.2 Å². The van der Waals surface area contributed by atoms with Gasteiger partial charge in [-0.25, -0.2) is 4.98 Å². The van der Waals surface area contributed by atoms with Gasteiger partial charge in [-0.15, -0.1) is 5.10 Å². The molecule has 2 aromatic heterocycles. The summed E-state index contributed by atoms with van der Waals surface area (Å²) in [6, 6.07) is 10.7. The van der Waals surface area contributed by atoms with E-state index in [0.29, 0.717) is 0 Å². The summed E-state index contributed by atoms with van der Waals surface area (Å²) in [4.78, 5) is 9.50. The number of hydrogen-bond acceptors (Lipinski definition) is 4. The van der Waals surface area contributed by atoms with Crippen LogP contribution in [0.25, 0.3) is 4.96 Å². The number of likely N-dealkylation sites (N-methyl/N-ethyl adjacent to an activating group) is 1. The molecule has 1 aliphatic heterocycles. The highest BCUT2D eigenvalue weighted by atomic mass is 32.1. The van der Waals surface area contributed by atoms with Crippen molar-refractivity contribution in [3.63, 3.8) is 0 Å². The van der Waals surface area contributed by atoms with E-state index in [-0.39, 0.29) is 11.9 Å². The van der Waals surface area contributed by atoms with Crippen LogP contribution < -0.4 is 9.80 Å². The molecule has 1 aliphatic rings. The number of aromatic hydroxyl groups is 1. The zero-order valence-electron chi connectivity index (χ0n) is 15.4. The van der Waals surface area contributed by atoms with Crippen molar-refractivity contribution in [2.45, 2.75) is 26.3 Å². The standard InChI is InChI=1S/C19H25N5OS/c1-3-15-20-19-24(21-15)18(25)17(26-19)16(14-8-6-5-7-9-14)23-12-10-22(4-2)11-13-23/h5-9,16,25H,3-4,10-13H2,1-2H3/p+2/t16-/m0/s1. The van der Waals surface area contributed by atoms with Crippen LogP contribution in [0, 0.1) is 0 Å². The van der Waals surface area contributed by atoms with Gasteiger partial charge in [0.2, 0.25) is 10.8 Å². The van der Waals surface area contributed by atoms with E-state index in [4.69, 9.17) is 0 Å². The summed E-state index contributed by atoms with van der Waals surface area (Å²) in [6.45, 7) is 10.0. The number of nitrogens with zero attached hydrogens (tertiary/aromatic N) is 3. The van der Waals surface area contributed by atoms with E-state index in [1.807, 2.05) is 13.0 Å². The van der Waals surface area contributed by atoms with Crippen molar-refractivity contribution in [3.8, 4) is 5.88 Å². The van der Waals surface area contributed by atoms with E-state index in [1.165, 1.54) is 30.1 Å². The van der Waals surface area contributed by atoms with Gasteiger partial charge in [-0.05, 0) is 6.92 Å². The van der Waals surface area contributed by atoms with Crippen LogP contribution in [0.5, 0.6) is 5.88 Å². The van der Waals surface area contributed by atoms with Gasteiger partial charge in [0.1, 0.15) is 31.1 Å². The summed E-state index contributed by atoms with van der Waals surface area (Å²) in [5.74, 6) is 1.03. The molecule has 138 valence electrons. The van der Waals surface area contributed by atoms with Gasteiger partial charge in [-0.1, -0.05) is 48.6 Å². The maximum absolute atomic E-state index is 10.9. The molecule has 1 fully saturated rings. The number of piperazine rings is 1. The topological polar surface area (TPSA) is 59.3 Å². The normalized spacial score (nSPS) is 21.9. The Labute approximate surface area is 157 Å². The van der Waals surface area contributed by atoms with Gasteiger partial charge in [0.05, 0.1) is 6.54 Å². The number of thiazole rings is 1. The Morgan fingerprint density at radius 2 is 1.88 bits per heavy atom. The van der Waals surface area contributed by atoms with E-state index in [2.05, 4.69) is 41.3 Å². The van der Waals surface area contributed by atoms with Crippen molar-refractivity contribution < 1.29 is 14.9 Å². The van der Waals surface area contributed by atoms with E-state index in [1.54, 1.807) is 20.8 Å². The van der Waals surface area contributed by atoms with Gasteiger partial charge < -0.3 is 14.9 Å². The number of fused-ring (bicyclic) bond motifs is 1. The molecular weight excluding hydrogens is 346 g/mol. The lowest BCUT2D eigenvalue weighted by Crippen LogP contribution is -3.28. The highest BCUT2D eigenvalue weighted by Gasteiger charge is 2.35. The highest BCUT2D eigenvalue weighted by molar-refractivity contribution is 7.17. The first kappa shape index (κ1) is 17.5. The molecule has 0 spiro atoms. The summed E-state index contributed by atoms with van der Waals surface area (Å²) in [7, 11) is 0. The number of benzene rings is 1. The third-order valence-corrected chi connectivity index (χ3v) is 6.55. The monoisotopic (exact) mass is 373 g/mol. The molecule has 1 atom stereocenters. The molecular formula is C19H27N5OS+2. The Hall–Kier alpha value is -1.96. The van der Waals surface area contributed by atoms with Gasteiger partial charge in [0.15, 0.2) is 11.9 Å². The first-order valence-electron chi connectivity index (χ1n) is 9.51. The molecule has 1 aromatic carbocycles. The SMILES string of the molecule is CCc1nc2sc([C@H](c3ccccc3)[NH+]3CC[NH+](CC)CC3)c(O)n2n1. The Morgan fingerprint density at radius 1 is 1.15 bits per heavy atom. The molecule has 4 rings (SSSR count). The second-order valence-corrected chi connectivity index (χ2v) is 7.98. The fraction of sp³-hybridized carbons (Fsp3) is 0.474. The molecule has 26 heavy (non-hydrogen) atoms. The molecule has 0 radical (unpaired) electrons. The first-order chi connectivity index (χ1) is 12.7. The molecule has 7 heteroatoms. The predicted molar refractivity (Wildman–Crippen MR) is 102 cm³/mol. The van der Waals surface area contributed by atoms with Crippen LogP contribution in [0.15, 0.2) is 30.3 Å². The molecule has 0 bridgehead atoms. The average molecular weight is 374 g/mol. The fourth-order valence-corrected chi connectivity index (χ4v) is 5.07.